The van der Waals surface area contributed by atoms with E-state index in [1.807, 2.05) is 11.7 Å². The smallest absolute Gasteiger partial charge is 0.0794 e. The second-order valence-corrected chi connectivity index (χ2v) is 5.08. The Hall–Kier alpha value is -0.670. The van der Waals surface area contributed by atoms with Crippen LogP contribution in [0.1, 0.15) is 38.5 Å². The van der Waals surface area contributed by atoms with E-state index in [1.165, 1.54) is 23.3 Å². The highest BCUT2D eigenvalue weighted by Crippen LogP contribution is 2.06. The van der Waals surface area contributed by atoms with Crippen molar-refractivity contribution in [2.45, 2.75) is 46.2 Å². The number of rotatable bonds is 6. The third-order valence-corrected chi connectivity index (χ3v) is 3.04. The summed E-state index contributed by atoms with van der Waals surface area (Å²) < 4.78 is 0. The Morgan fingerprint density at radius 3 is 3.00 bits per heavy atom. The standard InChI is InChI=1S/C12H20N2S/c1-10(2)5-4-6-11(3)14-8-12-7-13-9-15-12/h5,7,9,11,14H,4,6,8H2,1-3H3. The summed E-state index contributed by atoms with van der Waals surface area (Å²) in [5, 5.41) is 3.50. The molecule has 1 aromatic heterocycles. The minimum atomic E-state index is 0.572. The highest BCUT2D eigenvalue weighted by molar-refractivity contribution is 7.09. The molecule has 0 aromatic carbocycles. The first-order valence-electron chi connectivity index (χ1n) is 5.42. The molecular weight excluding hydrogens is 204 g/mol. The molecule has 2 nitrogen and oxygen atoms in total. The van der Waals surface area contributed by atoms with E-state index in [2.05, 4.69) is 37.1 Å². The van der Waals surface area contributed by atoms with Crippen molar-refractivity contribution < 1.29 is 0 Å². The van der Waals surface area contributed by atoms with Gasteiger partial charge >= 0.3 is 0 Å². The summed E-state index contributed by atoms with van der Waals surface area (Å²) in [7, 11) is 0. The number of hydrogen-bond acceptors (Lipinski definition) is 3. The molecule has 84 valence electrons. The Morgan fingerprint density at radius 1 is 1.60 bits per heavy atom. The van der Waals surface area contributed by atoms with Crippen LogP contribution in [0.25, 0.3) is 0 Å². The van der Waals surface area contributed by atoms with Crippen molar-refractivity contribution in [3.63, 3.8) is 0 Å². The van der Waals surface area contributed by atoms with Gasteiger partial charge in [-0.25, -0.2) is 0 Å². The van der Waals surface area contributed by atoms with Crippen LogP contribution >= 0.6 is 11.3 Å². The Morgan fingerprint density at radius 2 is 2.40 bits per heavy atom. The molecule has 1 aromatic rings. The number of thiazole rings is 1. The third kappa shape index (κ3) is 5.70. The summed E-state index contributed by atoms with van der Waals surface area (Å²) >= 11 is 1.71. The maximum Gasteiger partial charge on any atom is 0.0794 e. The van der Waals surface area contributed by atoms with Crippen molar-refractivity contribution in [3.05, 3.63) is 28.2 Å². The minimum Gasteiger partial charge on any atom is -0.309 e. The minimum absolute atomic E-state index is 0.572. The Bertz CT molecular complexity index is 287. The van der Waals surface area contributed by atoms with Crippen molar-refractivity contribution >= 4 is 11.3 Å². The van der Waals surface area contributed by atoms with E-state index in [1.54, 1.807) is 11.3 Å². The van der Waals surface area contributed by atoms with Gasteiger partial charge in [0.25, 0.3) is 0 Å². The predicted octanol–water partition coefficient (Wildman–Crippen LogP) is 3.37. The van der Waals surface area contributed by atoms with Gasteiger partial charge in [0.05, 0.1) is 5.51 Å². The van der Waals surface area contributed by atoms with Crippen LogP contribution in [0, 0.1) is 0 Å². The van der Waals surface area contributed by atoms with Crippen molar-refractivity contribution in [1.29, 1.82) is 0 Å². The molecule has 0 saturated carbocycles. The van der Waals surface area contributed by atoms with Crippen molar-refractivity contribution in [2.75, 3.05) is 0 Å². The maximum absolute atomic E-state index is 4.05. The summed E-state index contributed by atoms with van der Waals surface area (Å²) in [6.07, 6.45) is 6.59. The van der Waals surface area contributed by atoms with Crippen LogP contribution in [0.5, 0.6) is 0 Å². The quantitative estimate of drug-likeness (QED) is 0.749. The number of hydrogen-bond donors (Lipinski definition) is 1. The van der Waals surface area contributed by atoms with Gasteiger partial charge in [-0.15, -0.1) is 11.3 Å². The lowest BCUT2D eigenvalue weighted by atomic mass is 10.1. The van der Waals surface area contributed by atoms with E-state index in [4.69, 9.17) is 0 Å². The summed E-state index contributed by atoms with van der Waals surface area (Å²) in [6.45, 7) is 7.48. The second-order valence-electron chi connectivity index (χ2n) is 4.11. The summed E-state index contributed by atoms with van der Waals surface area (Å²) in [5.41, 5.74) is 3.29. The van der Waals surface area contributed by atoms with E-state index in [0.717, 1.165) is 6.54 Å². The highest BCUT2D eigenvalue weighted by Gasteiger charge is 2.00. The monoisotopic (exact) mass is 224 g/mol. The average Bonchev–Trinajstić information content (AvgIpc) is 2.66. The zero-order valence-electron chi connectivity index (χ0n) is 9.79. The van der Waals surface area contributed by atoms with Crippen LogP contribution in [0.3, 0.4) is 0 Å². The largest absolute Gasteiger partial charge is 0.309 e. The van der Waals surface area contributed by atoms with Gasteiger partial charge in [0.2, 0.25) is 0 Å². The van der Waals surface area contributed by atoms with Crippen molar-refractivity contribution in [1.82, 2.24) is 10.3 Å². The molecule has 1 atom stereocenters. The predicted molar refractivity (Wildman–Crippen MR) is 67.1 cm³/mol. The SMILES string of the molecule is CC(C)=CCCC(C)NCc1cncs1. The lowest BCUT2D eigenvalue weighted by Crippen LogP contribution is -2.24. The van der Waals surface area contributed by atoms with Crippen LogP contribution < -0.4 is 5.32 Å². The van der Waals surface area contributed by atoms with E-state index < -0.39 is 0 Å². The Kier molecular flexibility index (Phi) is 5.58. The van der Waals surface area contributed by atoms with Crippen LogP contribution in [0.2, 0.25) is 0 Å². The molecule has 0 amide bonds. The van der Waals surface area contributed by atoms with E-state index in [9.17, 15) is 0 Å². The first-order chi connectivity index (χ1) is 7.18. The lowest BCUT2D eigenvalue weighted by Gasteiger charge is -2.11. The Balaban J connectivity index is 2.14. The number of allylic oxidation sites excluding steroid dienone is 2. The fraction of sp³-hybridized carbons (Fsp3) is 0.583. The van der Waals surface area contributed by atoms with Crippen LogP contribution in [0.4, 0.5) is 0 Å². The molecule has 0 aliphatic rings. The summed E-state index contributed by atoms with van der Waals surface area (Å²) in [4.78, 5) is 5.36. The fourth-order valence-electron chi connectivity index (χ4n) is 1.33. The first kappa shape index (κ1) is 12.4. The van der Waals surface area contributed by atoms with Gasteiger partial charge < -0.3 is 5.32 Å². The van der Waals surface area contributed by atoms with Crippen molar-refractivity contribution in [2.24, 2.45) is 0 Å². The topological polar surface area (TPSA) is 24.9 Å². The molecule has 0 spiro atoms. The van der Waals surface area contributed by atoms with E-state index >= 15 is 0 Å². The molecule has 0 aliphatic heterocycles. The fourth-order valence-corrected chi connectivity index (χ4v) is 1.87. The lowest BCUT2D eigenvalue weighted by molar-refractivity contribution is 0.520. The van der Waals surface area contributed by atoms with E-state index in [0.29, 0.717) is 6.04 Å². The molecule has 15 heavy (non-hydrogen) atoms. The molecule has 1 unspecified atom stereocenters. The van der Waals surface area contributed by atoms with E-state index in [-0.39, 0.29) is 0 Å². The van der Waals surface area contributed by atoms with Crippen LogP contribution in [0.15, 0.2) is 23.4 Å². The maximum atomic E-state index is 4.05. The molecule has 0 saturated heterocycles. The molecule has 1 heterocycles. The molecule has 1 N–H and O–H groups in total. The van der Waals surface area contributed by atoms with Crippen LogP contribution in [-0.4, -0.2) is 11.0 Å². The van der Waals surface area contributed by atoms with Crippen molar-refractivity contribution in [3.8, 4) is 0 Å². The molecule has 0 radical (unpaired) electrons. The van der Waals surface area contributed by atoms with Gasteiger partial charge in [-0.05, 0) is 33.6 Å². The van der Waals surface area contributed by atoms with Crippen LogP contribution in [-0.2, 0) is 6.54 Å². The van der Waals surface area contributed by atoms with Gasteiger partial charge in [-0.3, -0.25) is 4.98 Å². The third-order valence-electron chi connectivity index (χ3n) is 2.26. The second kappa shape index (κ2) is 6.75. The normalized spacial score (nSPS) is 12.5. The zero-order valence-corrected chi connectivity index (χ0v) is 10.6. The molecule has 0 fully saturated rings. The molecule has 0 bridgehead atoms. The number of aromatic nitrogens is 1. The molecule has 3 heteroatoms. The van der Waals surface area contributed by atoms with Gasteiger partial charge in [0.15, 0.2) is 0 Å². The molecule has 0 aliphatic carbocycles. The highest BCUT2D eigenvalue weighted by atomic mass is 32.1. The van der Waals surface area contributed by atoms with Gasteiger partial charge in [-0.2, -0.15) is 0 Å². The first-order valence-corrected chi connectivity index (χ1v) is 6.30. The number of nitrogens with one attached hydrogen (secondary N) is 1. The van der Waals surface area contributed by atoms with Gasteiger partial charge in [-0.1, -0.05) is 11.6 Å². The number of nitrogens with zero attached hydrogens (tertiary/aromatic N) is 1. The average molecular weight is 224 g/mol. The van der Waals surface area contributed by atoms with Gasteiger partial charge in [0, 0.05) is 23.7 Å². The zero-order chi connectivity index (χ0) is 11.1. The summed E-state index contributed by atoms with van der Waals surface area (Å²) in [6, 6.07) is 0.572. The molecule has 1 rings (SSSR count). The Labute approximate surface area is 96.4 Å². The molecular formula is C12H20N2S. The van der Waals surface area contributed by atoms with Gasteiger partial charge in [0.1, 0.15) is 0 Å². The summed E-state index contributed by atoms with van der Waals surface area (Å²) in [5.74, 6) is 0.